The second kappa shape index (κ2) is 9.92. The van der Waals surface area contributed by atoms with Crippen molar-refractivity contribution in [2.75, 3.05) is 54.1 Å². The van der Waals surface area contributed by atoms with Gasteiger partial charge in [-0.15, -0.1) is 0 Å². The van der Waals surface area contributed by atoms with E-state index in [0.29, 0.717) is 49.6 Å². The van der Waals surface area contributed by atoms with Gasteiger partial charge < -0.3 is 20.3 Å². The third-order valence-electron chi connectivity index (χ3n) is 5.69. The molecule has 0 atom stereocenters. The van der Waals surface area contributed by atoms with Crippen LogP contribution in [-0.2, 0) is 14.8 Å². The lowest BCUT2D eigenvalue weighted by Gasteiger charge is -2.35. The van der Waals surface area contributed by atoms with Gasteiger partial charge in [0.15, 0.2) is 0 Å². The van der Waals surface area contributed by atoms with Crippen LogP contribution in [-0.4, -0.2) is 73.2 Å². The smallest absolute Gasteiger partial charge is 0.343 e. The fraction of sp³-hybridized carbons (Fsp3) is 0.500. The van der Waals surface area contributed by atoms with Gasteiger partial charge in [0.05, 0.1) is 12.4 Å². The van der Waals surface area contributed by atoms with E-state index in [0.717, 1.165) is 24.2 Å². The Kier molecular flexibility index (Phi) is 6.99. The molecule has 1 saturated carbocycles. The number of ether oxygens (including phenoxy) is 1. The number of carbonyl (C=O) groups is 1. The zero-order chi connectivity index (χ0) is 23.4. The zero-order valence-electron chi connectivity index (χ0n) is 19.0. The molecule has 1 aromatic heterocycles. The van der Waals surface area contributed by atoms with Crippen LogP contribution in [0.5, 0.6) is 0 Å². The molecule has 0 amide bonds. The molecule has 10 nitrogen and oxygen atoms in total. The Hall–Kier alpha value is -2.92. The molecule has 11 heteroatoms. The molecule has 0 bridgehead atoms. The van der Waals surface area contributed by atoms with Crippen molar-refractivity contribution in [3.63, 3.8) is 0 Å². The predicted octanol–water partition coefficient (Wildman–Crippen LogP) is 2.44. The number of sulfonamides is 1. The Bertz CT molecular complexity index is 1080. The van der Waals surface area contributed by atoms with E-state index in [1.807, 2.05) is 24.3 Å². The van der Waals surface area contributed by atoms with Crippen LogP contribution in [0.25, 0.3) is 0 Å². The maximum absolute atomic E-state index is 12.2. The number of piperazine rings is 1. The van der Waals surface area contributed by atoms with Crippen molar-refractivity contribution < 1.29 is 17.9 Å². The average Bonchev–Trinajstić information content (AvgIpc) is 3.64. The minimum Gasteiger partial charge on any atom is -0.462 e. The molecule has 33 heavy (non-hydrogen) atoms. The molecule has 2 fully saturated rings. The van der Waals surface area contributed by atoms with Crippen LogP contribution in [0.15, 0.2) is 30.5 Å². The van der Waals surface area contributed by atoms with E-state index in [2.05, 4.69) is 25.5 Å². The minimum atomic E-state index is -3.14. The highest BCUT2D eigenvalue weighted by atomic mass is 32.2. The number of nitrogens with zero attached hydrogens (tertiary/aromatic N) is 4. The van der Waals surface area contributed by atoms with E-state index in [9.17, 15) is 13.2 Å². The molecular formula is C22H30N6O4S. The normalized spacial score (nSPS) is 17.0. The highest BCUT2D eigenvalue weighted by Gasteiger charge is 2.26. The van der Waals surface area contributed by atoms with Gasteiger partial charge in [-0.1, -0.05) is 0 Å². The topological polar surface area (TPSA) is 117 Å². The zero-order valence-corrected chi connectivity index (χ0v) is 19.8. The minimum absolute atomic E-state index is 0.133. The summed E-state index contributed by atoms with van der Waals surface area (Å²) in [5.74, 6) is 0.555. The van der Waals surface area contributed by atoms with Crippen molar-refractivity contribution in [3.05, 3.63) is 36.0 Å². The summed E-state index contributed by atoms with van der Waals surface area (Å²) < 4.78 is 30.8. The number of hydrogen-bond acceptors (Lipinski definition) is 9. The molecule has 1 saturated heterocycles. The maximum Gasteiger partial charge on any atom is 0.343 e. The van der Waals surface area contributed by atoms with E-state index in [1.54, 1.807) is 18.2 Å². The lowest BCUT2D eigenvalue weighted by molar-refractivity contribution is 0.0526. The molecule has 1 aliphatic carbocycles. The highest BCUT2D eigenvalue weighted by molar-refractivity contribution is 7.89. The summed E-state index contributed by atoms with van der Waals surface area (Å²) in [6, 6.07) is 8.17. The predicted molar refractivity (Wildman–Crippen MR) is 128 cm³/mol. The van der Waals surface area contributed by atoms with E-state index < -0.39 is 16.0 Å². The number of nitrogens with one attached hydrogen (secondary N) is 2. The number of esters is 1. The molecule has 2 N–H and O–H groups in total. The van der Waals surface area contributed by atoms with Crippen LogP contribution >= 0.6 is 0 Å². The maximum atomic E-state index is 12.2. The summed E-state index contributed by atoms with van der Waals surface area (Å²) in [5, 5.41) is 6.46. The fourth-order valence-electron chi connectivity index (χ4n) is 3.62. The number of carbonyl (C=O) groups excluding carboxylic acids is 1. The van der Waals surface area contributed by atoms with Crippen LogP contribution < -0.4 is 15.5 Å². The number of hydrogen-bond donors (Lipinski definition) is 2. The lowest BCUT2D eigenvalue weighted by Crippen LogP contribution is -2.49. The summed E-state index contributed by atoms with van der Waals surface area (Å²) in [5.41, 5.74) is 2.17. The molecule has 1 aromatic carbocycles. The van der Waals surface area contributed by atoms with E-state index in [-0.39, 0.29) is 12.4 Å². The van der Waals surface area contributed by atoms with Gasteiger partial charge in [0, 0.05) is 49.8 Å². The van der Waals surface area contributed by atoms with Gasteiger partial charge in [-0.25, -0.2) is 18.2 Å². The Morgan fingerprint density at radius 3 is 2.42 bits per heavy atom. The number of aromatic nitrogens is 2. The average molecular weight is 475 g/mol. The van der Waals surface area contributed by atoms with Crippen LogP contribution in [0.2, 0.25) is 0 Å². The van der Waals surface area contributed by atoms with Crippen molar-refractivity contribution in [2.24, 2.45) is 0 Å². The molecule has 4 rings (SSSR count). The largest absolute Gasteiger partial charge is 0.462 e. The van der Waals surface area contributed by atoms with Crippen LogP contribution in [0.4, 0.5) is 23.1 Å². The molecule has 2 aliphatic rings. The first kappa shape index (κ1) is 23.2. The van der Waals surface area contributed by atoms with E-state index in [1.165, 1.54) is 6.20 Å². The number of rotatable bonds is 9. The van der Waals surface area contributed by atoms with Crippen molar-refractivity contribution in [3.8, 4) is 0 Å². The summed E-state index contributed by atoms with van der Waals surface area (Å²) in [6.45, 7) is 6.02. The Balaban J connectivity index is 1.41. The standard InChI is InChI=1S/C22H30N6O4S/c1-3-32-21(29)19-15-23-22(26-20(19)24-16-5-6-16)25-17-7-9-18(10-8-17)27-11-13-28(14-12-27)33(30,31)4-2/h7-10,15-16H,3-6,11-14H2,1-2H3,(H2,23,24,25,26). The number of anilines is 4. The molecule has 2 aromatic rings. The second-order valence-corrected chi connectivity index (χ2v) is 10.3. The second-order valence-electron chi connectivity index (χ2n) is 8.05. The monoisotopic (exact) mass is 474 g/mol. The summed E-state index contributed by atoms with van der Waals surface area (Å²) in [4.78, 5) is 23.2. The molecule has 0 spiro atoms. The van der Waals surface area contributed by atoms with Gasteiger partial charge in [-0.3, -0.25) is 0 Å². The summed E-state index contributed by atoms with van der Waals surface area (Å²) >= 11 is 0. The van der Waals surface area contributed by atoms with Crippen LogP contribution in [0.1, 0.15) is 37.0 Å². The molecule has 0 unspecified atom stereocenters. The fourth-order valence-corrected chi connectivity index (χ4v) is 4.71. The van der Waals surface area contributed by atoms with E-state index in [4.69, 9.17) is 4.74 Å². The van der Waals surface area contributed by atoms with Crippen molar-refractivity contribution >= 4 is 39.1 Å². The van der Waals surface area contributed by atoms with Crippen molar-refractivity contribution in [1.82, 2.24) is 14.3 Å². The van der Waals surface area contributed by atoms with Gasteiger partial charge in [-0.2, -0.15) is 9.29 Å². The molecule has 0 radical (unpaired) electrons. The van der Waals surface area contributed by atoms with Gasteiger partial charge in [0.2, 0.25) is 16.0 Å². The number of benzene rings is 1. The Labute approximate surface area is 194 Å². The van der Waals surface area contributed by atoms with Gasteiger partial charge in [0.25, 0.3) is 0 Å². The lowest BCUT2D eigenvalue weighted by atomic mass is 10.2. The SMILES string of the molecule is CCOC(=O)c1cnc(Nc2ccc(N3CCN(S(=O)(=O)CC)CC3)cc2)nc1NC1CC1. The molecule has 1 aliphatic heterocycles. The van der Waals surface area contributed by atoms with Crippen LogP contribution in [0.3, 0.4) is 0 Å². The Morgan fingerprint density at radius 2 is 1.82 bits per heavy atom. The first-order valence-corrected chi connectivity index (χ1v) is 12.9. The first-order chi connectivity index (χ1) is 15.9. The molecular weight excluding hydrogens is 444 g/mol. The molecule has 2 heterocycles. The van der Waals surface area contributed by atoms with Gasteiger partial charge >= 0.3 is 5.97 Å². The summed E-state index contributed by atoms with van der Waals surface area (Å²) in [7, 11) is -3.14. The van der Waals surface area contributed by atoms with Crippen molar-refractivity contribution in [2.45, 2.75) is 32.7 Å². The first-order valence-electron chi connectivity index (χ1n) is 11.3. The highest BCUT2D eigenvalue weighted by Crippen LogP contribution is 2.27. The Morgan fingerprint density at radius 1 is 1.12 bits per heavy atom. The van der Waals surface area contributed by atoms with Gasteiger partial charge in [-0.05, 0) is 51.0 Å². The third-order valence-corrected chi connectivity index (χ3v) is 7.57. The van der Waals surface area contributed by atoms with Gasteiger partial charge in [0.1, 0.15) is 11.4 Å². The quantitative estimate of drug-likeness (QED) is 0.529. The summed E-state index contributed by atoms with van der Waals surface area (Å²) in [6.07, 6.45) is 3.58. The third kappa shape index (κ3) is 5.72. The van der Waals surface area contributed by atoms with Crippen molar-refractivity contribution in [1.29, 1.82) is 0 Å². The molecule has 178 valence electrons. The van der Waals surface area contributed by atoms with Crippen LogP contribution in [0, 0.1) is 0 Å². The van der Waals surface area contributed by atoms with E-state index >= 15 is 0 Å².